The van der Waals surface area contributed by atoms with Crippen molar-refractivity contribution in [1.29, 1.82) is 0 Å². The standard InChI is InChI=1S/C8H6N2O4/c1-13-6-5-4(2-3-9-6)7(11)14-8(12)10-5/h2-3H,1H3,(H,10,12). The molecule has 0 saturated heterocycles. The lowest BCUT2D eigenvalue weighted by atomic mass is 10.3. The van der Waals surface area contributed by atoms with Crippen LogP contribution < -0.4 is 16.1 Å². The number of aromatic nitrogens is 2. The van der Waals surface area contributed by atoms with Crippen molar-refractivity contribution in [1.82, 2.24) is 9.97 Å². The lowest BCUT2D eigenvalue weighted by Crippen LogP contribution is -2.15. The number of hydrogen-bond acceptors (Lipinski definition) is 5. The molecule has 72 valence electrons. The maximum atomic E-state index is 11.2. The first-order valence-corrected chi connectivity index (χ1v) is 3.78. The summed E-state index contributed by atoms with van der Waals surface area (Å²) in [5.41, 5.74) is -0.458. The summed E-state index contributed by atoms with van der Waals surface area (Å²) in [6, 6.07) is 1.44. The summed E-state index contributed by atoms with van der Waals surface area (Å²) in [6.07, 6.45) is 1.40. The molecular weight excluding hydrogens is 188 g/mol. The fourth-order valence-electron chi connectivity index (χ4n) is 1.16. The Morgan fingerprint density at radius 1 is 1.50 bits per heavy atom. The molecule has 6 heteroatoms. The largest absolute Gasteiger partial charge is 0.479 e. The molecular formula is C8H6N2O4. The van der Waals surface area contributed by atoms with Crippen LogP contribution in [0.15, 0.2) is 26.3 Å². The van der Waals surface area contributed by atoms with Gasteiger partial charge in [0.05, 0.1) is 12.5 Å². The Balaban J connectivity index is 3.01. The normalized spacial score (nSPS) is 10.4. The van der Waals surface area contributed by atoms with Crippen molar-refractivity contribution in [2.24, 2.45) is 0 Å². The number of nitrogens with one attached hydrogen (secondary N) is 1. The van der Waals surface area contributed by atoms with Gasteiger partial charge in [0.25, 0.3) is 0 Å². The molecule has 6 nitrogen and oxygen atoms in total. The molecule has 0 amide bonds. The van der Waals surface area contributed by atoms with E-state index in [2.05, 4.69) is 14.4 Å². The van der Waals surface area contributed by atoms with E-state index in [1.54, 1.807) is 0 Å². The van der Waals surface area contributed by atoms with Crippen LogP contribution in [0.1, 0.15) is 0 Å². The third kappa shape index (κ3) is 1.17. The average Bonchev–Trinajstić information content (AvgIpc) is 2.17. The van der Waals surface area contributed by atoms with Gasteiger partial charge in [0.15, 0.2) is 0 Å². The molecule has 0 aliphatic carbocycles. The maximum Gasteiger partial charge on any atom is 0.419 e. The predicted octanol–water partition coefficient (Wildman–Crippen LogP) is -0.115. The van der Waals surface area contributed by atoms with Crippen molar-refractivity contribution in [2.45, 2.75) is 0 Å². The summed E-state index contributed by atoms with van der Waals surface area (Å²) in [5.74, 6) is -0.638. The van der Waals surface area contributed by atoms with Gasteiger partial charge in [-0.2, -0.15) is 0 Å². The molecule has 14 heavy (non-hydrogen) atoms. The number of H-pyrrole nitrogens is 1. The fraction of sp³-hybridized carbons (Fsp3) is 0.125. The zero-order valence-electron chi connectivity index (χ0n) is 7.23. The van der Waals surface area contributed by atoms with Crippen molar-refractivity contribution in [3.63, 3.8) is 0 Å². The highest BCUT2D eigenvalue weighted by atomic mass is 16.5. The van der Waals surface area contributed by atoms with Crippen LogP contribution >= 0.6 is 0 Å². The highest BCUT2D eigenvalue weighted by Gasteiger charge is 2.07. The molecule has 0 saturated carbocycles. The first-order valence-electron chi connectivity index (χ1n) is 3.78. The zero-order valence-corrected chi connectivity index (χ0v) is 7.23. The number of rotatable bonds is 1. The van der Waals surface area contributed by atoms with E-state index in [0.717, 1.165) is 0 Å². The minimum atomic E-state index is -0.825. The Hall–Kier alpha value is -2.11. The molecule has 0 aliphatic rings. The van der Waals surface area contributed by atoms with Gasteiger partial charge in [0.1, 0.15) is 5.52 Å². The van der Waals surface area contributed by atoms with Gasteiger partial charge < -0.3 is 9.15 Å². The Morgan fingerprint density at radius 2 is 2.29 bits per heavy atom. The predicted molar refractivity (Wildman–Crippen MR) is 47.5 cm³/mol. The molecule has 2 aromatic rings. The van der Waals surface area contributed by atoms with E-state index in [9.17, 15) is 9.59 Å². The molecule has 1 N–H and O–H groups in total. The van der Waals surface area contributed by atoms with Crippen LogP contribution in [0, 0.1) is 0 Å². The molecule has 0 atom stereocenters. The number of pyridine rings is 1. The third-order valence-electron chi connectivity index (χ3n) is 1.74. The average molecular weight is 194 g/mol. The van der Waals surface area contributed by atoms with Gasteiger partial charge in [-0.3, -0.25) is 4.98 Å². The van der Waals surface area contributed by atoms with Crippen LogP contribution in [0.25, 0.3) is 10.9 Å². The van der Waals surface area contributed by atoms with Crippen molar-refractivity contribution in [3.8, 4) is 5.88 Å². The van der Waals surface area contributed by atoms with Crippen molar-refractivity contribution in [3.05, 3.63) is 33.2 Å². The van der Waals surface area contributed by atoms with E-state index in [4.69, 9.17) is 4.74 Å². The fourth-order valence-corrected chi connectivity index (χ4v) is 1.16. The number of ether oxygens (including phenoxy) is 1. The molecule has 0 aliphatic heterocycles. The van der Waals surface area contributed by atoms with E-state index < -0.39 is 11.4 Å². The van der Waals surface area contributed by atoms with Crippen LogP contribution in [0.2, 0.25) is 0 Å². The summed E-state index contributed by atoms with van der Waals surface area (Å²) in [6.45, 7) is 0. The number of nitrogens with zero attached hydrogens (tertiary/aromatic N) is 1. The molecule has 0 radical (unpaired) electrons. The van der Waals surface area contributed by atoms with Crippen LogP contribution in [0.5, 0.6) is 5.88 Å². The molecule has 2 aromatic heterocycles. The minimum Gasteiger partial charge on any atom is -0.479 e. The molecule has 0 unspecified atom stereocenters. The quantitative estimate of drug-likeness (QED) is 0.684. The van der Waals surface area contributed by atoms with Crippen molar-refractivity contribution >= 4 is 10.9 Å². The highest BCUT2D eigenvalue weighted by molar-refractivity contribution is 5.80. The highest BCUT2D eigenvalue weighted by Crippen LogP contribution is 2.15. The summed E-state index contributed by atoms with van der Waals surface area (Å²) in [5, 5.41) is 0.233. The van der Waals surface area contributed by atoms with E-state index in [-0.39, 0.29) is 16.8 Å². The van der Waals surface area contributed by atoms with Crippen LogP contribution in [0.4, 0.5) is 0 Å². The number of methoxy groups -OCH3 is 1. The monoisotopic (exact) mass is 194 g/mol. The molecule has 0 bridgehead atoms. The second-order valence-electron chi connectivity index (χ2n) is 2.54. The Bertz CT molecular complexity index is 584. The second kappa shape index (κ2) is 2.99. The van der Waals surface area contributed by atoms with Gasteiger partial charge >= 0.3 is 11.4 Å². The summed E-state index contributed by atoms with van der Waals surface area (Å²) in [4.78, 5) is 28.2. The molecule has 0 aromatic carbocycles. The smallest absolute Gasteiger partial charge is 0.419 e. The van der Waals surface area contributed by atoms with E-state index in [0.29, 0.717) is 0 Å². The molecule has 2 heterocycles. The van der Waals surface area contributed by atoms with Crippen LogP contribution in [-0.4, -0.2) is 17.1 Å². The summed E-state index contributed by atoms with van der Waals surface area (Å²) in [7, 11) is 1.40. The second-order valence-corrected chi connectivity index (χ2v) is 2.54. The Kier molecular flexibility index (Phi) is 1.81. The van der Waals surface area contributed by atoms with Crippen LogP contribution in [-0.2, 0) is 0 Å². The minimum absolute atomic E-state index is 0.188. The number of aromatic amines is 1. The van der Waals surface area contributed by atoms with E-state index >= 15 is 0 Å². The summed E-state index contributed by atoms with van der Waals surface area (Å²) >= 11 is 0. The van der Waals surface area contributed by atoms with Crippen molar-refractivity contribution < 1.29 is 9.15 Å². The molecule has 0 spiro atoms. The van der Waals surface area contributed by atoms with E-state index in [1.165, 1.54) is 19.4 Å². The van der Waals surface area contributed by atoms with E-state index in [1.807, 2.05) is 0 Å². The summed E-state index contributed by atoms with van der Waals surface area (Å²) < 4.78 is 9.22. The van der Waals surface area contributed by atoms with Gasteiger partial charge in [0.2, 0.25) is 5.88 Å². The zero-order chi connectivity index (χ0) is 10.1. The molecule has 2 rings (SSSR count). The lowest BCUT2D eigenvalue weighted by molar-refractivity contribution is 0.399. The number of hydrogen-bond donors (Lipinski definition) is 1. The SMILES string of the molecule is COc1nccc2c(=O)oc(=O)[nH]c12. The van der Waals surface area contributed by atoms with Gasteiger partial charge in [-0.15, -0.1) is 0 Å². The van der Waals surface area contributed by atoms with Crippen molar-refractivity contribution in [2.75, 3.05) is 7.11 Å². The first-order chi connectivity index (χ1) is 6.72. The Labute approximate surface area is 77.2 Å². The van der Waals surface area contributed by atoms with Gasteiger partial charge in [-0.25, -0.2) is 14.6 Å². The molecule has 0 fully saturated rings. The van der Waals surface area contributed by atoms with Gasteiger partial charge in [-0.05, 0) is 6.07 Å². The first kappa shape index (κ1) is 8.49. The lowest BCUT2D eigenvalue weighted by Gasteiger charge is -2.00. The van der Waals surface area contributed by atoms with Crippen LogP contribution in [0.3, 0.4) is 0 Å². The third-order valence-corrected chi connectivity index (χ3v) is 1.74. The maximum absolute atomic E-state index is 11.2. The van der Waals surface area contributed by atoms with Gasteiger partial charge in [-0.1, -0.05) is 0 Å². The number of fused-ring (bicyclic) bond motifs is 1. The Morgan fingerprint density at radius 3 is 3.00 bits per heavy atom. The topological polar surface area (TPSA) is 85.2 Å². The van der Waals surface area contributed by atoms with Gasteiger partial charge in [0, 0.05) is 6.20 Å².